The first-order valence-electron chi connectivity index (χ1n) is 10.6. The normalized spacial score (nSPS) is 44.5. The standard InChI is InChI=1S/C21H8Cl12O5S/c22-11-13(24)18(28)9-7(16(11,26)20(18,30)31)3-1-5(15(34)35)6(39(36,37)38)2-4(3)8-10(9)19(29)14(25)12(23)17(8,27)21(19,32)33/h1-2,7-10H,(H,34,35)(H,36,37,38)/t7-,8+,9+,10+,16+,17+,18+,19+/m1/s1. The average Bonchev–Trinajstić information content (AvgIpc) is 3.16. The number of aromatic carboxylic acids is 1. The molecule has 18 heteroatoms. The Balaban J connectivity index is 1.84. The van der Waals surface area contributed by atoms with E-state index >= 15 is 0 Å². The van der Waals surface area contributed by atoms with Crippen molar-refractivity contribution in [2.45, 2.75) is 44.9 Å². The number of carbonyl (C=O) groups is 1. The van der Waals surface area contributed by atoms with E-state index in [1.165, 1.54) is 0 Å². The molecule has 39 heavy (non-hydrogen) atoms. The van der Waals surface area contributed by atoms with Gasteiger partial charge >= 0.3 is 5.97 Å². The highest BCUT2D eigenvalue weighted by Gasteiger charge is 2.91. The van der Waals surface area contributed by atoms with Crippen LogP contribution in [-0.2, 0) is 10.1 Å². The van der Waals surface area contributed by atoms with E-state index in [1.54, 1.807) is 0 Å². The van der Waals surface area contributed by atoms with Crippen molar-refractivity contribution in [1.29, 1.82) is 0 Å². The quantitative estimate of drug-likeness (QED) is 0.231. The third-order valence-electron chi connectivity index (χ3n) is 8.74. The molecule has 5 aliphatic rings. The minimum atomic E-state index is -5.11. The van der Waals surface area contributed by atoms with Crippen LogP contribution in [0, 0.1) is 11.8 Å². The van der Waals surface area contributed by atoms with Gasteiger partial charge in [0.05, 0.1) is 25.7 Å². The van der Waals surface area contributed by atoms with Gasteiger partial charge in [-0.2, -0.15) is 8.42 Å². The molecule has 8 atom stereocenters. The highest BCUT2D eigenvalue weighted by Crippen LogP contribution is 2.88. The molecule has 0 aliphatic heterocycles. The van der Waals surface area contributed by atoms with Crippen molar-refractivity contribution in [1.82, 2.24) is 0 Å². The number of benzene rings is 1. The smallest absolute Gasteiger partial charge is 0.337 e. The number of allylic oxidation sites excluding steroid dienone is 4. The number of hydrogen-bond acceptors (Lipinski definition) is 3. The SMILES string of the molecule is O=C(O)c1cc2c(cc1S(=O)(=O)O)[C@H]1[C@@H]([C@@H]3[C@@H]2[C@]2(Cl)C(Cl)=C(Cl)[C@]3(Cl)C2(Cl)Cl)[C@]2(Cl)C(Cl)=C(Cl)[C@]1(Cl)C2(Cl)Cl. The summed E-state index contributed by atoms with van der Waals surface area (Å²) in [6.07, 6.45) is 0. The number of halogens is 12. The highest BCUT2D eigenvalue weighted by molar-refractivity contribution is 7.86. The number of carboxylic acid groups (broad SMARTS) is 1. The van der Waals surface area contributed by atoms with Gasteiger partial charge in [-0.1, -0.05) is 92.8 Å². The van der Waals surface area contributed by atoms with Crippen LogP contribution in [0.4, 0.5) is 0 Å². The zero-order valence-electron chi connectivity index (χ0n) is 18.0. The van der Waals surface area contributed by atoms with Crippen molar-refractivity contribution in [3.63, 3.8) is 0 Å². The van der Waals surface area contributed by atoms with Gasteiger partial charge < -0.3 is 5.11 Å². The average molecular weight is 798 g/mol. The van der Waals surface area contributed by atoms with E-state index in [1.807, 2.05) is 0 Å². The molecule has 0 spiro atoms. The van der Waals surface area contributed by atoms with E-state index in [0.717, 1.165) is 12.1 Å². The number of rotatable bonds is 2. The van der Waals surface area contributed by atoms with E-state index in [2.05, 4.69) is 0 Å². The molecule has 212 valence electrons. The molecule has 2 saturated carbocycles. The molecule has 4 bridgehead atoms. The molecule has 1 aromatic carbocycles. The van der Waals surface area contributed by atoms with Gasteiger partial charge in [-0.3, -0.25) is 4.55 Å². The minimum absolute atomic E-state index is 0.0296. The van der Waals surface area contributed by atoms with Gasteiger partial charge in [0, 0.05) is 23.7 Å². The van der Waals surface area contributed by atoms with Crippen molar-refractivity contribution >= 4 is 155 Å². The first-order valence-corrected chi connectivity index (χ1v) is 16.5. The van der Waals surface area contributed by atoms with Gasteiger partial charge in [-0.25, -0.2) is 4.79 Å². The lowest BCUT2D eigenvalue weighted by Gasteiger charge is -2.52. The molecule has 0 unspecified atom stereocenters. The fourth-order valence-corrected chi connectivity index (χ4v) is 14.1. The van der Waals surface area contributed by atoms with Crippen LogP contribution in [0.25, 0.3) is 0 Å². The van der Waals surface area contributed by atoms with Gasteiger partial charge in [-0.05, 0) is 23.3 Å². The van der Waals surface area contributed by atoms with E-state index in [0.29, 0.717) is 0 Å². The Morgan fingerprint density at radius 1 is 0.667 bits per heavy atom. The molecule has 0 amide bonds. The summed E-state index contributed by atoms with van der Waals surface area (Å²) < 4.78 is 30.3. The molecule has 5 aliphatic carbocycles. The number of hydrogen-bond donors (Lipinski definition) is 2. The summed E-state index contributed by atoms with van der Waals surface area (Å²) in [6.45, 7) is 0. The minimum Gasteiger partial charge on any atom is -0.478 e. The number of fused-ring (bicyclic) bond motifs is 14. The molecule has 0 saturated heterocycles. The van der Waals surface area contributed by atoms with E-state index < -0.39 is 78.4 Å². The maximum atomic E-state index is 12.3. The van der Waals surface area contributed by atoms with Crippen LogP contribution in [0.3, 0.4) is 0 Å². The largest absolute Gasteiger partial charge is 0.478 e. The molecule has 0 aromatic heterocycles. The lowest BCUT2D eigenvalue weighted by molar-refractivity contribution is 0.0691. The second-order valence-electron chi connectivity index (χ2n) is 10.0. The van der Waals surface area contributed by atoms with Crippen molar-refractivity contribution in [3.05, 3.63) is 49.0 Å². The van der Waals surface area contributed by atoms with E-state index in [-0.39, 0.29) is 31.3 Å². The van der Waals surface area contributed by atoms with Crippen molar-refractivity contribution in [3.8, 4) is 0 Å². The number of alkyl halides is 8. The zero-order chi connectivity index (χ0) is 29.4. The molecule has 1 aromatic rings. The Morgan fingerprint density at radius 2 is 1.00 bits per heavy atom. The Morgan fingerprint density at radius 3 is 1.33 bits per heavy atom. The molecule has 5 nitrogen and oxygen atoms in total. The Kier molecular flexibility index (Phi) is 6.45. The van der Waals surface area contributed by atoms with Crippen LogP contribution >= 0.6 is 139 Å². The van der Waals surface area contributed by atoms with Crippen LogP contribution in [0.2, 0.25) is 0 Å². The molecule has 2 fully saturated rings. The zero-order valence-corrected chi connectivity index (χ0v) is 27.9. The molecule has 0 radical (unpaired) electrons. The maximum Gasteiger partial charge on any atom is 0.337 e. The highest BCUT2D eigenvalue weighted by atomic mass is 35.5. The fourth-order valence-electron chi connectivity index (χ4n) is 7.31. The predicted molar refractivity (Wildman–Crippen MR) is 156 cm³/mol. The summed E-state index contributed by atoms with van der Waals surface area (Å²) in [4.78, 5) is 3.26. The van der Waals surface area contributed by atoms with Crippen molar-refractivity contribution in [2.75, 3.05) is 0 Å². The van der Waals surface area contributed by atoms with Crippen LogP contribution in [0.5, 0.6) is 0 Å². The van der Waals surface area contributed by atoms with E-state index in [9.17, 15) is 22.9 Å². The van der Waals surface area contributed by atoms with Crippen molar-refractivity contribution < 1.29 is 22.9 Å². The molecular weight excluding hydrogens is 790 g/mol. The van der Waals surface area contributed by atoms with Gasteiger partial charge in [0.15, 0.2) is 8.67 Å². The topological polar surface area (TPSA) is 91.7 Å². The van der Waals surface area contributed by atoms with Crippen LogP contribution in [0.1, 0.15) is 33.3 Å². The summed E-state index contributed by atoms with van der Waals surface area (Å²) in [5.74, 6) is -6.33. The van der Waals surface area contributed by atoms with E-state index in [4.69, 9.17) is 139 Å². The predicted octanol–water partition coefficient (Wildman–Crippen LogP) is 8.74. The third kappa shape index (κ3) is 2.87. The molecule has 6 rings (SSSR count). The summed E-state index contributed by atoms with van der Waals surface area (Å²) in [5.41, 5.74) is -0.688. The number of carboxylic acids is 1. The van der Waals surface area contributed by atoms with Crippen LogP contribution < -0.4 is 0 Å². The fraction of sp³-hybridized carbons (Fsp3) is 0.476. The maximum absolute atomic E-state index is 12.3. The molecule has 2 N–H and O–H groups in total. The van der Waals surface area contributed by atoms with Crippen molar-refractivity contribution in [2.24, 2.45) is 11.8 Å². The summed E-state index contributed by atoms with van der Waals surface area (Å²) >= 11 is 82.7. The summed E-state index contributed by atoms with van der Waals surface area (Å²) in [6, 6.07) is 1.92. The van der Waals surface area contributed by atoms with Gasteiger partial charge in [0.2, 0.25) is 0 Å². The first-order chi connectivity index (χ1) is 17.5. The lowest BCUT2D eigenvalue weighted by atomic mass is 9.57. The molecule has 0 heterocycles. The Bertz CT molecular complexity index is 1620. The Hall–Kier alpha value is 1.56. The van der Waals surface area contributed by atoms with Gasteiger partial charge in [-0.15, -0.1) is 46.4 Å². The molecular formula is C21H8Cl12O5S. The lowest BCUT2D eigenvalue weighted by Crippen LogP contribution is -2.53. The second-order valence-corrected chi connectivity index (χ2v) is 18.0. The van der Waals surface area contributed by atoms with Crippen LogP contribution in [-0.4, -0.2) is 52.2 Å². The second kappa shape index (κ2) is 8.23. The monoisotopic (exact) mass is 792 g/mol. The Labute approximate surface area is 281 Å². The van der Waals surface area contributed by atoms with Crippen LogP contribution in [0.15, 0.2) is 37.2 Å². The van der Waals surface area contributed by atoms with Gasteiger partial charge in [0.1, 0.15) is 24.4 Å². The third-order valence-corrected chi connectivity index (χ3v) is 18.2. The van der Waals surface area contributed by atoms with Gasteiger partial charge in [0.25, 0.3) is 10.1 Å². The summed E-state index contributed by atoms with van der Waals surface area (Å²) in [7, 11) is -5.11. The summed E-state index contributed by atoms with van der Waals surface area (Å²) in [5, 5.41) is 9.02. The first kappa shape index (κ1) is 30.6.